The van der Waals surface area contributed by atoms with Crippen molar-refractivity contribution in [2.45, 2.75) is 25.7 Å². The molecule has 0 bridgehead atoms. The Bertz CT molecular complexity index is 709. The van der Waals surface area contributed by atoms with Crippen LogP contribution in [0.4, 0.5) is 5.69 Å². The van der Waals surface area contributed by atoms with Crippen molar-refractivity contribution in [1.29, 1.82) is 5.26 Å². The first-order valence-electron chi connectivity index (χ1n) is 6.91. The number of nitro groups is 1. The highest BCUT2D eigenvalue weighted by molar-refractivity contribution is 5.98. The largest absolute Gasteiger partial charge is 0.365 e. The van der Waals surface area contributed by atoms with E-state index in [0.29, 0.717) is 12.0 Å². The van der Waals surface area contributed by atoms with Gasteiger partial charge in [-0.3, -0.25) is 14.9 Å². The molecule has 0 radical (unpaired) electrons. The minimum absolute atomic E-state index is 0.00728. The maximum Gasteiger partial charge on any atom is 0.269 e. The van der Waals surface area contributed by atoms with Gasteiger partial charge in [-0.05, 0) is 54.5 Å². The summed E-state index contributed by atoms with van der Waals surface area (Å²) in [6, 6.07) is 8.04. The Morgan fingerprint density at radius 1 is 1.27 bits per heavy atom. The highest BCUT2D eigenvalue weighted by atomic mass is 16.6. The average molecular weight is 297 g/mol. The molecule has 0 spiro atoms. The van der Waals surface area contributed by atoms with Gasteiger partial charge in [-0.2, -0.15) is 5.26 Å². The first kappa shape index (κ1) is 15.4. The lowest BCUT2D eigenvalue weighted by molar-refractivity contribution is -0.384. The number of hydrogen-bond acceptors (Lipinski definition) is 4. The number of nitrogens with zero attached hydrogens (tertiary/aromatic N) is 2. The van der Waals surface area contributed by atoms with Crippen LogP contribution in [0.5, 0.6) is 0 Å². The molecular formula is C16H15N3O3. The molecule has 0 unspecified atom stereocenters. The van der Waals surface area contributed by atoms with Crippen LogP contribution in [0.15, 0.2) is 41.0 Å². The van der Waals surface area contributed by atoms with E-state index >= 15 is 0 Å². The molecule has 6 nitrogen and oxygen atoms in total. The standard InChI is InChI=1S/C16H15N3O3/c17-10-15(16(18)20)14-4-2-1-3-12(14)9-11-5-7-13(8-6-11)19(21)22/h5-9H,1-4H2,(H2,18,20)/b12-9+,15-14-. The van der Waals surface area contributed by atoms with Crippen LogP contribution < -0.4 is 5.73 Å². The van der Waals surface area contributed by atoms with Crippen LogP contribution in [-0.2, 0) is 4.79 Å². The normalized spacial score (nSPS) is 18.6. The first-order chi connectivity index (χ1) is 10.5. The van der Waals surface area contributed by atoms with E-state index in [1.54, 1.807) is 12.1 Å². The number of carbonyl (C=O) groups is 1. The Balaban J connectivity index is 2.41. The van der Waals surface area contributed by atoms with Gasteiger partial charge in [-0.1, -0.05) is 6.08 Å². The van der Waals surface area contributed by atoms with Crippen LogP contribution in [0.2, 0.25) is 0 Å². The molecule has 1 aromatic carbocycles. The molecule has 0 aromatic heterocycles. The number of nitro benzene ring substituents is 1. The number of nitriles is 1. The minimum Gasteiger partial charge on any atom is -0.365 e. The van der Waals surface area contributed by atoms with E-state index in [2.05, 4.69) is 0 Å². The van der Waals surface area contributed by atoms with Gasteiger partial charge in [0, 0.05) is 12.1 Å². The molecule has 1 aliphatic carbocycles. The summed E-state index contributed by atoms with van der Waals surface area (Å²) < 4.78 is 0. The van der Waals surface area contributed by atoms with Gasteiger partial charge in [0.15, 0.2) is 0 Å². The topological polar surface area (TPSA) is 110 Å². The van der Waals surface area contributed by atoms with Gasteiger partial charge in [-0.25, -0.2) is 0 Å². The molecule has 1 aromatic rings. The molecule has 22 heavy (non-hydrogen) atoms. The zero-order chi connectivity index (χ0) is 16.1. The van der Waals surface area contributed by atoms with Crippen molar-refractivity contribution >= 4 is 17.7 Å². The van der Waals surface area contributed by atoms with E-state index in [1.807, 2.05) is 12.1 Å². The highest BCUT2D eigenvalue weighted by Gasteiger charge is 2.19. The molecule has 2 rings (SSSR count). The summed E-state index contributed by atoms with van der Waals surface area (Å²) >= 11 is 0. The zero-order valence-electron chi connectivity index (χ0n) is 11.9. The number of benzene rings is 1. The van der Waals surface area contributed by atoms with Crippen molar-refractivity contribution in [3.63, 3.8) is 0 Å². The van der Waals surface area contributed by atoms with E-state index in [1.165, 1.54) is 12.1 Å². The van der Waals surface area contributed by atoms with Crippen LogP contribution in [0.3, 0.4) is 0 Å². The predicted molar refractivity (Wildman–Crippen MR) is 81.4 cm³/mol. The monoisotopic (exact) mass is 297 g/mol. The molecule has 2 N–H and O–H groups in total. The van der Waals surface area contributed by atoms with Crippen molar-refractivity contribution < 1.29 is 9.72 Å². The first-order valence-corrected chi connectivity index (χ1v) is 6.91. The fourth-order valence-electron chi connectivity index (χ4n) is 2.54. The lowest BCUT2D eigenvalue weighted by atomic mass is 9.85. The van der Waals surface area contributed by atoms with E-state index in [4.69, 9.17) is 11.0 Å². The third kappa shape index (κ3) is 3.38. The number of carbonyl (C=O) groups excluding carboxylic acids is 1. The summed E-state index contributed by atoms with van der Waals surface area (Å²) in [5.41, 5.74) is 7.68. The van der Waals surface area contributed by atoms with Gasteiger partial charge in [0.05, 0.1) is 4.92 Å². The molecule has 1 amide bonds. The smallest absolute Gasteiger partial charge is 0.269 e. The number of non-ortho nitro benzene ring substituents is 1. The highest BCUT2D eigenvalue weighted by Crippen LogP contribution is 2.32. The van der Waals surface area contributed by atoms with Crippen molar-refractivity contribution in [1.82, 2.24) is 0 Å². The Hall–Kier alpha value is -2.94. The Morgan fingerprint density at radius 2 is 1.91 bits per heavy atom. The lowest BCUT2D eigenvalue weighted by Crippen LogP contribution is -2.16. The summed E-state index contributed by atoms with van der Waals surface area (Å²) in [7, 11) is 0. The Morgan fingerprint density at radius 3 is 2.45 bits per heavy atom. The Kier molecular flexibility index (Phi) is 4.69. The molecule has 0 aliphatic heterocycles. The van der Waals surface area contributed by atoms with Gasteiger partial charge >= 0.3 is 0 Å². The summed E-state index contributed by atoms with van der Waals surface area (Å²) in [6.45, 7) is 0. The zero-order valence-corrected chi connectivity index (χ0v) is 11.9. The molecule has 0 saturated heterocycles. The summed E-state index contributed by atoms with van der Waals surface area (Å²) in [5, 5.41) is 19.8. The second kappa shape index (κ2) is 6.68. The second-order valence-corrected chi connectivity index (χ2v) is 5.05. The van der Waals surface area contributed by atoms with Gasteiger partial charge < -0.3 is 5.73 Å². The van der Waals surface area contributed by atoms with Crippen LogP contribution in [0.25, 0.3) is 6.08 Å². The third-order valence-corrected chi connectivity index (χ3v) is 3.62. The SMILES string of the molecule is N#C/C(C(N)=O)=C1\CCCC\C1=C/c1ccc([N+](=O)[O-])cc1. The molecule has 1 aliphatic rings. The molecular weight excluding hydrogens is 282 g/mol. The molecule has 1 saturated carbocycles. The maximum absolute atomic E-state index is 11.4. The number of hydrogen-bond donors (Lipinski definition) is 1. The quantitative estimate of drug-likeness (QED) is 0.400. The molecule has 0 atom stereocenters. The molecule has 6 heteroatoms. The van der Waals surface area contributed by atoms with Gasteiger partial charge in [0.1, 0.15) is 11.6 Å². The fraction of sp³-hybridized carbons (Fsp3) is 0.250. The summed E-state index contributed by atoms with van der Waals surface area (Å²) in [5.74, 6) is -0.714. The third-order valence-electron chi connectivity index (χ3n) is 3.62. The van der Waals surface area contributed by atoms with Crippen LogP contribution in [0, 0.1) is 21.4 Å². The molecule has 0 heterocycles. The minimum atomic E-state index is -0.714. The van der Waals surface area contributed by atoms with E-state index in [0.717, 1.165) is 30.4 Å². The molecule has 112 valence electrons. The van der Waals surface area contributed by atoms with Gasteiger partial charge in [0.25, 0.3) is 11.6 Å². The number of primary amides is 1. The van der Waals surface area contributed by atoms with Crippen molar-refractivity contribution in [2.75, 3.05) is 0 Å². The predicted octanol–water partition coefficient (Wildman–Crippen LogP) is 2.86. The molecule has 1 fully saturated rings. The number of nitrogens with two attached hydrogens (primary N) is 1. The summed E-state index contributed by atoms with van der Waals surface area (Å²) in [6.07, 6.45) is 5.14. The van der Waals surface area contributed by atoms with Crippen LogP contribution in [0.1, 0.15) is 31.2 Å². The number of amides is 1. The number of rotatable bonds is 3. The maximum atomic E-state index is 11.4. The fourth-order valence-corrected chi connectivity index (χ4v) is 2.54. The van der Waals surface area contributed by atoms with E-state index in [-0.39, 0.29) is 11.3 Å². The average Bonchev–Trinajstić information content (AvgIpc) is 2.50. The summed E-state index contributed by atoms with van der Waals surface area (Å²) in [4.78, 5) is 21.6. The van der Waals surface area contributed by atoms with Crippen LogP contribution in [-0.4, -0.2) is 10.8 Å². The van der Waals surface area contributed by atoms with Gasteiger partial charge in [0.2, 0.25) is 0 Å². The van der Waals surface area contributed by atoms with E-state index in [9.17, 15) is 14.9 Å². The van der Waals surface area contributed by atoms with Crippen molar-refractivity contribution in [3.05, 3.63) is 56.7 Å². The lowest BCUT2D eigenvalue weighted by Gasteiger charge is -2.19. The van der Waals surface area contributed by atoms with Crippen molar-refractivity contribution in [2.24, 2.45) is 5.73 Å². The number of allylic oxidation sites excluding steroid dienone is 2. The Labute approximate surface area is 127 Å². The van der Waals surface area contributed by atoms with Crippen molar-refractivity contribution in [3.8, 4) is 6.07 Å². The van der Waals surface area contributed by atoms with Crippen LogP contribution >= 0.6 is 0 Å². The van der Waals surface area contributed by atoms with E-state index < -0.39 is 10.8 Å². The van der Waals surface area contributed by atoms with Gasteiger partial charge in [-0.15, -0.1) is 0 Å². The second-order valence-electron chi connectivity index (χ2n) is 5.05.